The molecule has 0 spiro atoms. The highest BCUT2D eigenvalue weighted by atomic mass is 19.4. The van der Waals surface area contributed by atoms with Crippen LogP contribution in [0.2, 0.25) is 0 Å². The molecule has 128 valence electrons. The average molecular weight is 341 g/mol. The van der Waals surface area contributed by atoms with E-state index in [1.807, 2.05) is 4.90 Å². The van der Waals surface area contributed by atoms with E-state index in [0.29, 0.717) is 36.3 Å². The topological polar surface area (TPSA) is 89.7 Å². The van der Waals surface area contributed by atoms with E-state index in [4.69, 9.17) is 0 Å². The van der Waals surface area contributed by atoms with Crippen LogP contribution >= 0.6 is 0 Å². The molecule has 1 aliphatic rings. The molecule has 2 heterocycles. The Hall–Kier alpha value is -2.55. The SMILES string of the molecule is Oc1cc(O)c(CN2CCc3nc(C(F)(F)F)ncc3C2)cc1O. The van der Waals surface area contributed by atoms with Crippen LogP contribution in [0.3, 0.4) is 0 Å². The second-order valence-electron chi connectivity index (χ2n) is 5.59. The highest BCUT2D eigenvalue weighted by molar-refractivity contribution is 5.48. The summed E-state index contributed by atoms with van der Waals surface area (Å²) in [6.45, 7) is 1.04. The van der Waals surface area contributed by atoms with Crippen molar-refractivity contribution in [3.63, 3.8) is 0 Å². The molecule has 1 aliphatic heterocycles. The van der Waals surface area contributed by atoms with Crippen LogP contribution < -0.4 is 0 Å². The van der Waals surface area contributed by atoms with Gasteiger partial charge < -0.3 is 15.3 Å². The Bertz CT molecular complexity index is 781. The van der Waals surface area contributed by atoms with Crippen molar-refractivity contribution >= 4 is 0 Å². The minimum atomic E-state index is -4.57. The molecule has 0 unspecified atom stereocenters. The van der Waals surface area contributed by atoms with E-state index in [2.05, 4.69) is 9.97 Å². The minimum Gasteiger partial charge on any atom is -0.507 e. The first-order valence-corrected chi connectivity index (χ1v) is 7.12. The van der Waals surface area contributed by atoms with Gasteiger partial charge in [-0.2, -0.15) is 13.2 Å². The third-order valence-electron chi connectivity index (χ3n) is 3.84. The van der Waals surface area contributed by atoms with Crippen molar-refractivity contribution in [1.29, 1.82) is 0 Å². The normalized spacial score (nSPS) is 15.3. The Labute approximate surface area is 134 Å². The summed E-state index contributed by atoms with van der Waals surface area (Å²) in [6.07, 6.45) is -3.07. The first-order valence-electron chi connectivity index (χ1n) is 7.12. The zero-order chi connectivity index (χ0) is 17.5. The monoisotopic (exact) mass is 341 g/mol. The third kappa shape index (κ3) is 3.21. The van der Waals surface area contributed by atoms with Crippen molar-refractivity contribution in [3.8, 4) is 17.2 Å². The van der Waals surface area contributed by atoms with E-state index in [9.17, 15) is 28.5 Å². The smallest absolute Gasteiger partial charge is 0.451 e. The summed E-state index contributed by atoms with van der Waals surface area (Å²) in [7, 11) is 0. The van der Waals surface area contributed by atoms with E-state index in [0.717, 1.165) is 6.07 Å². The number of phenolic OH excluding ortho intramolecular Hbond substituents is 3. The van der Waals surface area contributed by atoms with E-state index in [1.165, 1.54) is 12.3 Å². The second kappa shape index (κ2) is 5.82. The van der Waals surface area contributed by atoms with Crippen LogP contribution in [0.4, 0.5) is 13.2 Å². The number of aromatic nitrogens is 2. The molecule has 2 aromatic rings. The van der Waals surface area contributed by atoms with Crippen LogP contribution in [0.25, 0.3) is 0 Å². The lowest BCUT2D eigenvalue weighted by Crippen LogP contribution is -2.31. The highest BCUT2D eigenvalue weighted by Crippen LogP contribution is 2.33. The Kier molecular flexibility index (Phi) is 3.96. The fourth-order valence-corrected chi connectivity index (χ4v) is 2.62. The van der Waals surface area contributed by atoms with Gasteiger partial charge in [-0.3, -0.25) is 4.90 Å². The average Bonchev–Trinajstić information content (AvgIpc) is 2.51. The van der Waals surface area contributed by atoms with Gasteiger partial charge in [0.2, 0.25) is 5.82 Å². The fourth-order valence-electron chi connectivity index (χ4n) is 2.62. The van der Waals surface area contributed by atoms with Gasteiger partial charge in [-0.15, -0.1) is 0 Å². The number of rotatable bonds is 2. The van der Waals surface area contributed by atoms with Crippen LogP contribution in [0.5, 0.6) is 17.2 Å². The summed E-state index contributed by atoms with van der Waals surface area (Å²) in [4.78, 5) is 8.83. The molecule has 0 atom stereocenters. The maximum absolute atomic E-state index is 12.6. The quantitative estimate of drug-likeness (QED) is 0.573. The van der Waals surface area contributed by atoms with E-state index < -0.39 is 17.8 Å². The molecule has 1 aromatic heterocycles. The molecule has 24 heavy (non-hydrogen) atoms. The largest absolute Gasteiger partial charge is 0.507 e. The lowest BCUT2D eigenvalue weighted by molar-refractivity contribution is -0.145. The van der Waals surface area contributed by atoms with Crippen molar-refractivity contribution < 1.29 is 28.5 Å². The summed E-state index contributed by atoms with van der Waals surface area (Å²) >= 11 is 0. The summed E-state index contributed by atoms with van der Waals surface area (Å²) in [6, 6.07) is 2.30. The molecule has 0 amide bonds. The maximum atomic E-state index is 12.6. The van der Waals surface area contributed by atoms with Crippen LogP contribution in [0, 0.1) is 0 Å². The molecule has 3 rings (SSSR count). The molecule has 0 saturated heterocycles. The zero-order valence-electron chi connectivity index (χ0n) is 12.4. The highest BCUT2D eigenvalue weighted by Gasteiger charge is 2.35. The Balaban J connectivity index is 1.77. The van der Waals surface area contributed by atoms with Gasteiger partial charge in [0.15, 0.2) is 11.5 Å². The van der Waals surface area contributed by atoms with Gasteiger partial charge in [-0.25, -0.2) is 9.97 Å². The van der Waals surface area contributed by atoms with Gasteiger partial charge >= 0.3 is 6.18 Å². The number of benzene rings is 1. The van der Waals surface area contributed by atoms with Crippen molar-refractivity contribution in [2.24, 2.45) is 0 Å². The van der Waals surface area contributed by atoms with Crippen molar-refractivity contribution in [2.75, 3.05) is 6.54 Å². The van der Waals surface area contributed by atoms with Crippen LogP contribution in [0.15, 0.2) is 18.3 Å². The second-order valence-corrected chi connectivity index (χ2v) is 5.59. The van der Waals surface area contributed by atoms with Gasteiger partial charge in [0, 0.05) is 49.4 Å². The summed E-state index contributed by atoms with van der Waals surface area (Å²) < 4.78 is 37.9. The predicted molar refractivity (Wildman–Crippen MR) is 76.3 cm³/mol. The number of alkyl halides is 3. The standard InChI is InChI=1S/C15H14F3N3O3/c16-15(17,18)14-19-5-9-7-21(2-1-10(9)20-14)6-8-3-12(23)13(24)4-11(8)22/h3-5,22-24H,1-2,6-7H2. The Morgan fingerprint density at radius 2 is 1.79 bits per heavy atom. The molecule has 9 heteroatoms. The molecule has 0 fully saturated rings. The predicted octanol–water partition coefficient (Wildman–Crippen LogP) is 2.17. The molecule has 0 aliphatic carbocycles. The minimum absolute atomic E-state index is 0.167. The fraction of sp³-hybridized carbons (Fsp3) is 0.333. The summed E-state index contributed by atoms with van der Waals surface area (Å²) in [5.74, 6) is -2.08. The number of hydrogen-bond donors (Lipinski definition) is 3. The first-order chi connectivity index (χ1) is 11.2. The zero-order valence-corrected chi connectivity index (χ0v) is 12.4. The van der Waals surface area contributed by atoms with Crippen LogP contribution in [-0.4, -0.2) is 36.7 Å². The first kappa shape index (κ1) is 16.3. The number of halogens is 3. The summed E-state index contributed by atoms with van der Waals surface area (Å²) in [5, 5.41) is 28.7. The van der Waals surface area contributed by atoms with Crippen molar-refractivity contribution in [2.45, 2.75) is 25.7 Å². The number of phenols is 3. The van der Waals surface area contributed by atoms with Crippen molar-refractivity contribution in [1.82, 2.24) is 14.9 Å². The molecular weight excluding hydrogens is 327 g/mol. The molecule has 0 bridgehead atoms. The molecule has 0 saturated carbocycles. The van der Waals surface area contributed by atoms with Gasteiger partial charge in [-0.05, 0) is 6.07 Å². The molecule has 6 nitrogen and oxygen atoms in total. The lowest BCUT2D eigenvalue weighted by Gasteiger charge is -2.28. The van der Waals surface area contributed by atoms with Gasteiger partial charge in [-0.1, -0.05) is 0 Å². The van der Waals surface area contributed by atoms with E-state index >= 15 is 0 Å². The number of nitrogens with zero attached hydrogens (tertiary/aromatic N) is 3. The van der Waals surface area contributed by atoms with Gasteiger partial charge in [0.25, 0.3) is 0 Å². The number of aromatic hydroxyl groups is 3. The Morgan fingerprint density at radius 1 is 1.08 bits per heavy atom. The molecule has 0 radical (unpaired) electrons. The molecular formula is C15H14F3N3O3. The maximum Gasteiger partial charge on any atom is 0.451 e. The number of hydrogen-bond acceptors (Lipinski definition) is 6. The van der Waals surface area contributed by atoms with Crippen LogP contribution in [0.1, 0.15) is 22.6 Å². The van der Waals surface area contributed by atoms with Crippen LogP contribution in [-0.2, 0) is 25.7 Å². The molecule has 3 N–H and O–H groups in total. The van der Waals surface area contributed by atoms with Gasteiger partial charge in [0.1, 0.15) is 5.75 Å². The van der Waals surface area contributed by atoms with E-state index in [1.54, 1.807) is 0 Å². The Morgan fingerprint density at radius 3 is 2.50 bits per heavy atom. The summed E-state index contributed by atoms with van der Waals surface area (Å²) in [5.41, 5.74) is 1.37. The molecule has 1 aromatic carbocycles. The van der Waals surface area contributed by atoms with E-state index in [-0.39, 0.29) is 18.0 Å². The van der Waals surface area contributed by atoms with Crippen molar-refractivity contribution in [3.05, 3.63) is 41.0 Å². The number of fused-ring (bicyclic) bond motifs is 1. The van der Waals surface area contributed by atoms with Gasteiger partial charge in [0.05, 0.1) is 5.69 Å². The lowest BCUT2D eigenvalue weighted by atomic mass is 10.1. The third-order valence-corrected chi connectivity index (χ3v) is 3.84.